The summed E-state index contributed by atoms with van der Waals surface area (Å²) in [6, 6.07) is 0. The summed E-state index contributed by atoms with van der Waals surface area (Å²) in [7, 11) is -13.3. The number of rotatable bonds is 9. The highest BCUT2D eigenvalue weighted by molar-refractivity contribution is 8.13. The van der Waals surface area contributed by atoms with Gasteiger partial charge >= 0.3 is 22.4 Å². The van der Waals surface area contributed by atoms with Crippen LogP contribution in [0.4, 0.5) is 17.6 Å². The Morgan fingerprint density at radius 1 is 0.833 bits per heavy atom. The van der Waals surface area contributed by atoms with Crippen molar-refractivity contribution in [1.29, 1.82) is 0 Å². The quantitative estimate of drug-likeness (QED) is 0.312. The number of sulfonamides is 2. The molecule has 1 heterocycles. The summed E-state index contributed by atoms with van der Waals surface area (Å²) in [5, 5.41) is -10.9. The van der Waals surface area contributed by atoms with Gasteiger partial charge in [-0.2, -0.15) is 17.6 Å². The molecule has 5 rings (SSSR count). The summed E-state index contributed by atoms with van der Waals surface area (Å²) in [4.78, 5) is 24.4. The van der Waals surface area contributed by atoms with Gasteiger partial charge in [-0.1, -0.05) is 0 Å². The fourth-order valence-corrected chi connectivity index (χ4v) is 9.16. The number of carbonyl (C=O) groups is 2. The molecule has 4 aliphatic carbocycles. The minimum Gasteiger partial charge on any atom is -0.460 e. The normalized spacial score (nSPS) is 30.9. The van der Waals surface area contributed by atoms with Gasteiger partial charge < -0.3 is 13.8 Å². The molecule has 0 atom stereocenters. The second-order valence-electron chi connectivity index (χ2n) is 10.7. The van der Waals surface area contributed by atoms with Crippen molar-refractivity contribution in [3.63, 3.8) is 0 Å². The Kier molecular flexibility index (Phi) is 7.17. The first kappa shape index (κ1) is 27.6. The van der Waals surface area contributed by atoms with Gasteiger partial charge in [0, 0.05) is 13.1 Å². The number of halogens is 4. The predicted molar refractivity (Wildman–Crippen MR) is 118 cm³/mol. The monoisotopic (exact) mass is 561 g/mol. The maximum atomic E-state index is 14.4. The smallest absolute Gasteiger partial charge is 0.424 e. The summed E-state index contributed by atoms with van der Waals surface area (Å²) >= 11 is 0. The Morgan fingerprint density at radius 2 is 1.31 bits per heavy atom. The maximum absolute atomic E-state index is 14.4. The Balaban J connectivity index is 1.38. The molecular formula is C21H29F4N2O7S2-. The molecule has 5 fully saturated rings. The first-order valence-electron chi connectivity index (χ1n) is 12.0. The largest absolute Gasteiger partial charge is 0.460 e. The van der Waals surface area contributed by atoms with Crippen molar-refractivity contribution in [2.75, 3.05) is 19.7 Å². The molecule has 0 radical (unpaired) electrons. The number of likely N-dealkylation sites (tertiary alicyclic amines) is 1. The third-order valence-electron chi connectivity index (χ3n) is 8.00. The zero-order chi connectivity index (χ0) is 26.6. The molecule has 4 bridgehead atoms. The SMILES string of the molecule is O=C(OCCC12CC3CC(CC(C3)C1)C2)C(F)(F)S(=O)(=O)[N-]S(=O)(=O)C(F)(F)C(=O)N1CCCCC1. The Morgan fingerprint density at radius 3 is 1.81 bits per heavy atom. The second kappa shape index (κ2) is 9.37. The lowest BCUT2D eigenvalue weighted by Gasteiger charge is -2.57. The molecule has 36 heavy (non-hydrogen) atoms. The van der Waals surface area contributed by atoms with E-state index in [2.05, 4.69) is 4.74 Å². The molecule has 0 spiro atoms. The van der Waals surface area contributed by atoms with Crippen LogP contribution in [0.25, 0.3) is 4.13 Å². The number of esters is 1. The van der Waals surface area contributed by atoms with E-state index in [0.29, 0.717) is 41.9 Å². The van der Waals surface area contributed by atoms with Crippen LogP contribution in [0.15, 0.2) is 0 Å². The van der Waals surface area contributed by atoms with Gasteiger partial charge in [-0.3, -0.25) is 4.79 Å². The van der Waals surface area contributed by atoms with Crippen LogP contribution in [0.3, 0.4) is 0 Å². The van der Waals surface area contributed by atoms with Gasteiger partial charge in [0.1, 0.15) is 0 Å². The minimum absolute atomic E-state index is 0.173. The number of nitrogens with zero attached hydrogens (tertiary/aromatic N) is 2. The molecule has 0 aromatic carbocycles. The molecule has 0 aromatic rings. The second-order valence-corrected chi connectivity index (χ2v) is 14.2. The molecule has 0 aromatic heterocycles. The Bertz CT molecular complexity index is 1070. The van der Waals surface area contributed by atoms with Crippen molar-refractivity contribution in [3.05, 3.63) is 4.13 Å². The molecule has 0 N–H and O–H groups in total. The Labute approximate surface area is 207 Å². The van der Waals surface area contributed by atoms with Gasteiger partial charge in [0.15, 0.2) is 20.0 Å². The van der Waals surface area contributed by atoms with E-state index in [9.17, 15) is 44.0 Å². The first-order valence-corrected chi connectivity index (χ1v) is 14.9. The van der Waals surface area contributed by atoms with E-state index in [1.807, 2.05) is 0 Å². The summed E-state index contributed by atoms with van der Waals surface area (Å²) in [6.07, 6.45) is 7.46. The summed E-state index contributed by atoms with van der Waals surface area (Å²) in [5.41, 5.74) is -0.173. The van der Waals surface area contributed by atoms with Crippen LogP contribution in [0.2, 0.25) is 0 Å². The first-order chi connectivity index (χ1) is 16.6. The van der Waals surface area contributed by atoms with Crippen molar-refractivity contribution in [1.82, 2.24) is 4.90 Å². The number of amides is 1. The summed E-state index contributed by atoms with van der Waals surface area (Å²) in [5.74, 6) is -3.26. The summed E-state index contributed by atoms with van der Waals surface area (Å²) < 4.78 is 112. The number of piperidine rings is 1. The van der Waals surface area contributed by atoms with Crippen molar-refractivity contribution >= 4 is 31.9 Å². The number of carbonyl (C=O) groups excluding carboxylic acids is 2. The van der Waals surface area contributed by atoms with Gasteiger partial charge in [0.2, 0.25) is 0 Å². The maximum Gasteiger partial charge on any atom is 0.424 e. The molecule has 0 unspecified atom stereocenters. The molecule has 1 aliphatic heterocycles. The van der Waals surface area contributed by atoms with Crippen molar-refractivity contribution in [2.24, 2.45) is 23.2 Å². The van der Waals surface area contributed by atoms with Gasteiger partial charge in [-0.25, -0.2) is 21.6 Å². The van der Waals surface area contributed by atoms with Crippen molar-refractivity contribution in [3.8, 4) is 0 Å². The molecule has 1 saturated heterocycles. The molecule has 4 saturated carbocycles. The third kappa shape index (κ3) is 4.98. The fourth-order valence-electron chi connectivity index (χ4n) is 6.76. The molecule has 206 valence electrons. The molecular weight excluding hydrogens is 532 g/mol. The molecule has 9 nitrogen and oxygen atoms in total. The van der Waals surface area contributed by atoms with E-state index < -0.39 is 49.0 Å². The number of hydrogen-bond donors (Lipinski definition) is 0. The van der Waals surface area contributed by atoms with Crippen LogP contribution >= 0.6 is 0 Å². The standard InChI is InChI=1S/C21H29F4N2O7S2/c22-20(23,17(28)27-5-2-1-3-6-27)35(30,31)26-36(32,33)21(24,25)18(29)34-7-4-19-11-14-8-15(12-19)10-16(9-14)13-19/h14-16H,1-13H2/q-1. The molecule has 15 heteroatoms. The van der Waals surface area contributed by atoms with Gasteiger partial charge in [-0.15, -0.1) is 0 Å². The van der Waals surface area contributed by atoms with Crippen LogP contribution < -0.4 is 0 Å². The zero-order valence-electron chi connectivity index (χ0n) is 19.5. The topological polar surface area (TPSA) is 129 Å². The van der Waals surface area contributed by atoms with E-state index in [1.54, 1.807) is 4.13 Å². The fraction of sp³-hybridized carbons (Fsp3) is 0.905. The van der Waals surface area contributed by atoms with E-state index >= 15 is 0 Å². The van der Waals surface area contributed by atoms with Gasteiger partial charge in [0.05, 0.1) is 6.61 Å². The number of ether oxygens (including phenoxy) is 1. The van der Waals surface area contributed by atoms with Crippen molar-refractivity contribution in [2.45, 2.75) is 74.7 Å². The van der Waals surface area contributed by atoms with Crippen molar-refractivity contribution < 1.29 is 48.7 Å². The van der Waals surface area contributed by atoms with Crippen LogP contribution in [0.1, 0.15) is 64.2 Å². The number of alkyl halides is 4. The highest BCUT2D eigenvalue weighted by Crippen LogP contribution is 2.61. The average molecular weight is 562 g/mol. The Hall–Kier alpha value is -1.48. The highest BCUT2D eigenvalue weighted by atomic mass is 32.3. The molecule has 5 aliphatic rings. The highest BCUT2D eigenvalue weighted by Gasteiger charge is 2.56. The third-order valence-corrected chi connectivity index (χ3v) is 11.2. The van der Waals surface area contributed by atoms with E-state index in [1.165, 1.54) is 0 Å². The summed E-state index contributed by atoms with van der Waals surface area (Å²) in [6.45, 7) is -0.932. The zero-order valence-corrected chi connectivity index (χ0v) is 21.1. The van der Waals surface area contributed by atoms with Crippen LogP contribution in [0, 0.1) is 23.2 Å². The minimum atomic E-state index is -6.66. The number of hydrogen-bond acceptors (Lipinski definition) is 7. The van der Waals surface area contributed by atoms with Gasteiger partial charge in [0.25, 0.3) is 0 Å². The average Bonchev–Trinajstić information content (AvgIpc) is 2.77. The van der Waals surface area contributed by atoms with E-state index in [0.717, 1.165) is 38.5 Å². The van der Waals surface area contributed by atoms with E-state index in [-0.39, 0.29) is 24.9 Å². The predicted octanol–water partition coefficient (Wildman–Crippen LogP) is 3.37. The lowest BCUT2D eigenvalue weighted by atomic mass is 9.49. The van der Waals surface area contributed by atoms with Crippen LogP contribution in [-0.2, 0) is 34.4 Å². The lowest BCUT2D eigenvalue weighted by molar-refractivity contribution is -0.163. The van der Waals surface area contributed by atoms with E-state index in [4.69, 9.17) is 0 Å². The van der Waals surface area contributed by atoms with Crippen LogP contribution in [0.5, 0.6) is 0 Å². The van der Waals surface area contributed by atoms with Crippen LogP contribution in [-0.4, -0.2) is 63.8 Å². The van der Waals surface area contributed by atoms with Gasteiger partial charge in [-0.05, 0) is 87.4 Å². The molecule has 1 amide bonds. The lowest BCUT2D eigenvalue weighted by Crippen LogP contribution is -2.50.